The lowest BCUT2D eigenvalue weighted by Crippen LogP contribution is -2.44. The van der Waals surface area contributed by atoms with Crippen LogP contribution in [0.15, 0.2) is 24.4 Å². The molecule has 1 rings (SSSR count). The molecule has 0 fully saturated rings. The number of nitrogens with zero attached hydrogens (tertiary/aromatic N) is 1. The van der Waals surface area contributed by atoms with Gasteiger partial charge in [-0.15, -0.1) is 0 Å². The van der Waals surface area contributed by atoms with Gasteiger partial charge < -0.3 is 10.6 Å². The van der Waals surface area contributed by atoms with Crippen molar-refractivity contribution < 1.29 is 19.9 Å². The molecular formula is C7H11NO3. The van der Waals surface area contributed by atoms with Crippen molar-refractivity contribution in [2.45, 2.75) is 0 Å². The fourth-order valence-electron chi connectivity index (χ4n) is 0.801. The first-order chi connectivity index (χ1) is 4.65. The summed E-state index contributed by atoms with van der Waals surface area (Å²) >= 11 is 0. The van der Waals surface area contributed by atoms with Crippen LogP contribution in [0, 0.1) is 0 Å². The van der Waals surface area contributed by atoms with E-state index < -0.39 is 6.09 Å². The highest BCUT2D eigenvalue weighted by Gasteiger charge is 2.28. The molecule has 2 N–H and O–H groups in total. The molecule has 0 bridgehead atoms. The first-order valence-electron chi connectivity index (χ1n) is 3.08. The molecule has 0 aromatic heterocycles. The Labute approximate surface area is 65.0 Å². The number of hydrogen-bond acceptors (Lipinski definition) is 2. The molecule has 0 aliphatic carbocycles. The first kappa shape index (κ1) is 9.87. The van der Waals surface area contributed by atoms with E-state index >= 15 is 0 Å². The third kappa shape index (κ3) is 1.89. The summed E-state index contributed by atoms with van der Waals surface area (Å²) in [5, 5.41) is 8.68. The van der Waals surface area contributed by atoms with Gasteiger partial charge in [-0.3, -0.25) is 0 Å². The van der Waals surface area contributed by atoms with Crippen molar-refractivity contribution >= 4 is 6.09 Å². The fourth-order valence-corrected chi connectivity index (χ4v) is 0.801. The zero-order chi connectivity index (χ0) is 7.61. The van der Waals surface area contributed by atoms with Crippen LogP contribution in [0.4, 0.5) is 4.79 Å². The fraction of sp³-hybridized carbons (Fsp3) is 0.286. The summed E-state index contributed by atoms with van der Waals surface area (Å²) in [5.41, 5.74) is 0. The van der Waals surface area contributed by atoms with Crippen LogP contribution in [0.3, 0.4) is 0 Å². The molecule has 0 aromatic rings. The van der Waals surface area contributed by atoms with Crippen molar-refractivity contribution in [3.63, 3.8) is 0 Å². The van der Waals surface area contributed by atoms with Crippen molar-refractivity contribution in [2.24, 2.45) is 0 Å². The second kappa shape index (κ2) is 3.32. The summed E-state index contributed by atoms with van der Waals surface area (Å²) in [4.78, 5) is 10.6. The van der Waals surface area contributed by atoms with Gasteiger partial charge in [0.2, 0.25) is 0 Å². The number of carbonyl (C=O) groups is 1. The predicted molar refractivity (Wildman–Crippen MR) is 39.3 cm³/mol. The van der Waals surface area contributed by atoms with Crippen LogP contribution in [-0.2, 0) is 0 Å². The number of carboxylic acid groups (broad SMARTS) is 1. The minimum absolute atomic E-state index is 0. The molecule has 0 spiro atoms. The van der Waals surface area contributed by atoms with Crippen molar-refractivity contribution in [3.05, 3.63) is 24.4 Å². The van der Waals surface area contributed by atoms with Gasteiger partial charge in [-0.2, -0.15) is 9.28 Å². The average Bonchev–Trinajstić information content (AvgIpc) is 1.89. The van der Waals surface area contributed by atoms with Gasteiger partial charge in [0.25, 0.3) is 0 Å². The number of amides is 1. The normalized spacial score (nSPS) is 27.7. The topological polar surface area (TPSA) is 67.3 Å². The Hall–Kier alpha value is -1.13. The number of allylic oxidation sites excluding steroid dienone is 2. The second-order valence-corrected chi connectivity index (χ2v) is 2.50. The van der Waals surface area contributed by atoms with E-state index in [9.17, 15) is 4.79 Å². The minimum atomic E-state index is -0.819. The average molecular weight is 157 g/mol. The lowest BCUT2D eigenvalue weighted by atomic mass is 10.3. The van der Waals surface area contributed by atoms with E-state index in [1.165, 1.54) is 0 Å². The molecule has 0 radical (unpaired) electrons. The summed E-state index contributed by atoms with van der Waals surface area (Å²) in [6.45, 7) is 0.534. The van der Waals surface area contributed by atoms with E-state index in [0.29, 0.717) is 6.54 Å². The van der Waals surface area contributed by atoms with Gasteiger partial charge in [0, 0.05) is 0 Å². The Kier molecular flexibility index (Phi) is 2.98. The van der Waals surface area contributed by atoms with Crippen LogP contribution in [-0.4, -0.2) is 34.8 Å². The standard InChI is InChI=1S/C7H9NO2.H2O/c1-8(7(9)10)5-3-2-4-6-8;/h2-5H,6H2,1H3;1H2. The van der Waals surface area contributed by atoms with Crippen LogP contribution in [0.25, 0.3) is 0 Å². The number of likely N-dealkylation sites (N-methyl/N-ethyl adjacent to an activating group) is 1. The van der Waals surface area contributed by atoms with E-state index in [1.807, 2.05) is 12.2 Å². The molecule has 1 aliphatic rings. The quantitative estimate of drug-likeness (QED) is 0.534. The lowest BCUT2D eigenvalue weighted by molar-refractivity contribution is -0.778. The zero-order valence-corrected chi connectivity index (χ0v) is 6.27. The van der Waals surface area contributed by atoms with E-state index in [-0.39, 0.29) is 9.96 Å². The van der Waals surface area contributed by atoms with E-state index in [2.05, 4.69) is 0 Å². The largest absolute Gasteiger partial charge is 0.870 e. The summed E-state index contributed by atoms with van der Waals surface area (Å²) in [5.74, 6) is 0. The maximum absolute atomic E-state index is 10.6. The third-order valence-corrected chi connectivity index (χ3v) is 1.58. The highest BCUT2D eigenvalue weighted by Crippen LogP contribution is 2.08. The molecule has 1 atom stereocenters. The highest BCUT2D eigenvalue weighted by atomic mass is 16.4. The Morgan fingerprint density at radius 1 is 1.55 bits per heavy atom. The van der Waals surface area contributed by atoms with E-state index in [1.54, 1.807) is 19.3 Å². The molecule has 1 aliphatic heterocycles. The molecule has 0 saturated heterocycles. The van der Waals surface area contributed by atoms with Crippen LogP contribution in [0.5, 0.6) is 0 Å². The number of rotatable bonds is 0. The van der Waals surface area contributed by atoms with Crippen LogP contribution < -0.4 is 0 Å². The van der Waals surface area contributed by atoms with Gasteiger partial charge in [0.1, 0.15) is 12.7 Å². The first-order valence-corrected chi connectivity index (χ1v) is 3.08. The SMILES string of the molecule is C[N+]1(C(=O)O)C=CC=CC1.[OH-]. The highest BCUT2D eigenvalue weighted by molar-refractivity contribution is 5.57. The minimum Gasteiger partial charge on any atom is -0.870 e. The maximum atomic E-state index is 10.6. The Morgan fingerprint density at radius 3 is 2.45 bits per heavy atom. The van der Waals surface area contributed by atoms with Crippen LogP contribution >= 0.6 is 0 Å². The van der Waals surface area contributed by atoms with Gasteiger partial charge in [-0.25, -0.2) is 0 Å². The molecule has 1 amide bonds. The van der Waals surface area contributed by atoms with Crippen molar-refractivity contribution in [3.8, 4) is 0 Å². The molecule has 4 nitrogen and oxygen atoms in total. The molecular weight excluding hydrogens is 146 g/mol. The van der Waals surface area contributed by atoms with Crippen molar-refractivity contribution in [1.82, 2.24) is 0 Å². The van der Waals surface area contributed by atoms with Crippen molar-refractivity contribution in [2.75, 3.05) is 13.6 Å². The lowest BCUT2D eigenvalue weighted by Gasteiger charge is -2.22. The molecule has 4 heteroatoms. The Bertz CT molecular complexity index is 210. The van der Waals surface area contributed by atoms with Crippen LogP contribution in [0.1, 0.15) is 0 Å². The van der Waals surface area contributed by atoms with E-state index in [4.69, 9.17) is 5.11 Å². The van der Waals surface area contributed by atoms with Crippen molar-refractivity contribution in [1.29, 1.82) is 0 Å². The van der Waals surface area contributed by atoms with Gasteiger partial charge in [-0.1, -0.05) is 6.08 Å². The molecule has 0 saturated carbocycles. The Balaban J connectivity index is 0.000001000. The molecule has 1 unspecified atom stereocenters. The summed E-state index contributed by atoms with van der Waals surface area (Å²) in [6, 6.07) is 0. The smallest absolute Gasteiger partial charge is 0.518 e. The maximum Gasteiger partial charge on any atom is 0.518 e. The van der Waals surface area contributed by atoms with Gasteiger partial charge in [-0.05, 0) is 12.2 Å². The monoisotopic (exact) mass is 157 g/mol. The van der Waals surface area contributed by atoms with Gasteiger partial charge in [0.05, 0.1) is 7.05 Å². The second-order valence-electron chi connectivity index (χ2n) is 2.50. The molecule has 62 valence electrons. The van der Waals surface area contributed by atoms with Gasteiger partial charge in [0.15, 0.2) is 0 Å². The third-order valence-electron chi connectivity index (χ3n) is 1.58. The predicted octanol–water partition coefficient (Wildman–Crippen LogP) is 1.02. The summed E-state index contributed by atoms with van der Waals surface area (Å²) in [6.07, 6.45) is 6.28. The number of quaternary nitrogens is 1. The summed E-state index contributed by atoms with van der Waals surface area (Å²) in [7, 11) is 1.66. The molecule has 0 aromatic carbocycles. The molecule has 1 heterocycles. The Morgan fingerprint density at radius 2 is 2.18 bits per heavy atom. The molecule has 11 heavy (non-hydrogen) atoms. The van der Waals surface area contributed by atoms with Gasteiger partial charge >= 0.3 is 6.09 Å². The van der Waals surface area contributed by atoms with E-state index in [0.717, 1.165) is 0 Å². The summed E-state index contributed by atoms with van der Waals surface area (Å²) < 4.78 is -0.0451. The zero-order valence-electron chi connectivity index (χ0n) is 6.27. The van der Waals surface area contributed by atoms with Crippen LogP contribution in [0.2, 0.25) is 0 Å². The number of hydrogen-bond donors (Lipinski definition) is 1.